The summed E-state index contributed by atoms with van der Waals surface area (Å²) in [5.41, 5.74) is 4.32. The van der Waals surface area contributed by atoms with Crippen LogP contribution in [0.1, 0.15) is 59.8 Å². The van der Waals surface area contributed by atoms with E-state index in [0.29, 0.717) is 11.5 Å². The molecule has 5 heteroatoms. The van der Waals surface area contributed by atoms with Gasteiger partial charge in [0.15, 0.2) is 0 Å². The summed E-state index contributed by atoms with van der Waals surface area (Å²) in [4.78, 5) is 20.8. The molecule has 1 aromatic carbocycles. The average molecular weight is 394 g/mol. The molecule has 0 radical (unpaired) electrons. The molecule has 3 heterocycles. The lowest BCUT2D eigenvalue weighted by Gasteiger charge is -2.32. The first-order valence-electron chi connectivity index (χ1n) is 10.5. The highest BCUT2D eigenvalue weighted by atomic mass is 16.5. The number of hydrogen-bond acceptors (Lipinski definition) is 4. The van der Waals surface area contributed by atoms with Crippen molar-refractivity contribution < 1.29 is 9.53 Å². The summed E-state index contributed by atoms with van der Waals surface area (Å²) in [7, 11) is 3.53. The maximum atomic E-state index is 12.1. The molecule has 1 aromatic heterocycles. The predicted octanol–water partition coefficient (Wildman–Crippen LogP) is 3.88. The van der Waals surface area contributed by atoms with Crippen LogP contribution in [0.2, 0.25) is 0 Å². The van der Waals surface area contributed by atoms with Gasteiger partial charge in [-0.05, 0) is 62.6 Å². The van der Waals surface area contributed by atoms with Crippen molar-refractivity contribution in [2.75, 3.05) is 27.2 Å². The summed E-state index contributed by atoms with van der Waals surface area (Å²) in [5, 5.41) is 0. The molecule has 1 amide bonds. The molecule has 0 aliphatic carbocycles. The van der Waals surface area contributed by atoms with E-state index in [9.17, 15) is 4.79 Å². The zero-order valence-corrected chi connectivity index (χ0v) is 17.9. The van der Waals surface area contributed by atoms with Gasteiger partial charge >= 0.3 is 0 Å². The number of fused-ring (bicyclic) bond motifs is 1. The second kappa shape index (κ2) is 7.79. The van der Waals surface area contributed by atoms with Gasteiger partial charge in [0, 0.05) is 51.4 Å². The second-order valence-corrected chi connectivity index (χ2v) is 9.23. The maximum Gasteiger partial charge on any atom is 0.254 e. The van der Waals surface area contributed by atoms with Crippen LogP contribution in [0.5, 0.6) is 5.75 Å². The van der Waals surface area contributed by atoms with Crippen LogP contribution >= 0.6 is 0 Å². The SMILES string of the molecule is CN(C)C(=O)c1ccc([C@H]2CCCN(Cc3ccc4c(c3)CC(C)(C)O4)C2)nc1. The summed E-state index contributed by atoms with van der Waals surface area (Å²) in [6.45, 7) is 7.37. The molecular weight excluding hydrogens is 362 g/mol. The number of pyridine rings is 1. The van der Waals surface area contributed by atoms with Crippen molar-refractivity contribution in [3.8, 4) is 5.75 Å². The number of rotatable bonds is 4. The molecule has 0 spiro atoms. The quantitative estimate of drug-likeness (QED) is 0.791. The van der Waals surface area contributed by atoms with Crippen LogP contribution in [0.3, 0.4) is 0 Å². The fraction of sp³-hybridized carbons (Fsp3) is 0.500. The van der Waals surface area contributed by atoms with Crippen molar-refractivity contribution >= 4 is 5.91 Å². The molecule has 0 bridgehead atoms. The molecule has 154 valence electrons. The summed E-state index contributed by atoms with van der Waals surface area (Å²) >= 11 is 0. The third kappa shape index (κ3) is 4.45. The van der Waals surface area contributed by atoms with Crippen LogP contribution in [0, 0.1) is 0 Å². The lowest BCUT2D eigenvalue weighted by molar-refractivity contribution is 0.0827. The van der Waals surface area contributed by atoms with Crippen molar-refractivity contribution in [2.24, 2.45) is 0 Å². The van der Waals surface area contributed by atoms with E-state index in [0.717, 1.165) is 43.9 Å². The third-order valence-electron chi connectivity index (χ3n) is 5.90. The summed E-state index contributed by atoms with van der Waals surface area (Å²) in [5.74, 6) is 1.45. The molecule has 2 aliphatic heterocycles. The number of hydrogen-bond donors (Lipinski definition) is 0. The van der Waals surface area contributed by atoms with Gasteiger partial charge in [0.05, 0.1) is 5.56 Å². The molecule has 1 atom stereocenters. The molecule has 5 nitrogen and oxygen atoms in total. The van der Waals surface area contributed by atoms with Crippen LogP contribution in [0.25, 0.3) is 0 Å². The standard InChI is InChI=1S/C24H31N3O2/c1-24(2)13-20-12-17(7-10-22(20)29-24)15-27-11-5-6-19(16-27)21-9-8-18(14-25-21)23(28)26(3)4/h7-10,12,14,19H,5-6,11,13,15-16H2,1-4H3/t19-/m0/s1. The number of ether oxygens (including phenoxy) is 1. The Labute approximate surface area is 173 Å². The van der Waals surface area contributed by atoms with Gasteiger partial charge in [0.25, 0.3) is 5.91 Å². The minimum Gasteiger partial charge on any atom is -0.487 e. The van der Waals surface area contributed by atoms with E-state index in [1.165, 1.54) is 17.5 Å². The Balaban J connectivity index is 1.41. The lowest BCUT2D eigenvalue weighted by Crippen LogP contribution is -2.34. The monoisotopic (exact) mass is 393 g/mol. The van der Waals surface area contributed by atoms with Gasteiger partial charge < -0.3 is 9.64 Å². The fourth-order valence-corrected chi connectivity index (χ4v) is 4.49. The van der Waals surface area contributed by atoms with Crippen molar-refractivity contribution in [3.63, 3.8) is 0 Å². The minimum atomic E-state index is -0.0943. The van der Waals surface area contributed by atoms with Gasteiger partial charge in [-0.3, -0.25) is 14.7 Å². The number of aromatic nitrogens is 1. The first-order valence-corrected chi connectivity index (χ1v) is 10.5. The Morgan fingerprint density at radius 2 is 2.10 bits per heavy atom. The summed E-state index contributed by atoms with van der Waals surface area (Å²) in [6, 6.07) is 10.6. The average Bonchev–Trinajstić information content (AvgIpc) is 3.01. The Hall–Kier alpha value is -2.40. The van der Waals surface area contributed by atoms with Crippen molar-refractivity contribution in [2.45, 2.75) is 51.2 Å². The van der Waals surface area contributed by atoms with Gasteiger partial charge in [0.2, 0.25) is 0 Å². The van der Waals surface area contributed by atoms with Crippen molar-refractivity contribution in [1.82, 2.24) is 14.8 Å². The van der Waals surface area contributed by atoms with E-state index in [1.54, 1.807) is 25.2 Å². The van der Waals surface area contributed by atoms with Crippen molar-refractivity contribution in [1.29, 1.82) is 0 Å². The lowest BCUT2D eigenvalue weighted by atomic mass is 9.93. The molecule has 1 fully saturated rings. The maximum absolute atomic E-state index is 12.1. The molecule has 0 N–H and O–H groups in total. The van der Waals surface area contributed by atoms with Crippen LogP contribution in [0.4, 0.5) is 0 Å². The zero-order valence-electron chi connectivity index (χ0n) is 17.9. The van der Waals surface area contributed by atoms with E-state index in [2.05, 4.69) is 41.9 Å². The first kappa shape index (κ1) is 19.9. The molecule has 29 heavy (non-hydrogen) atoms. The fourth-order valence-electron chi connectivity index (χ4n) is 4.49. The number of amides is 1. The Kier molecular flexibility index (Phi) is 5.34. The third-order valence-corrected chi connectivity index (χ3v) is 5.90. The predicted molar refractivity (Wildman–Crippen MR) is 114 cm³/mol. The number of benzene rings is 1. The molecule has 2 aromatic rings. The molecule has 1 saturated heterocycles. The van der Waals surface area contributed by atoms with Crippen LogP contribution < -0.4 is 4.74 Å². The molecule has 0 unspecified atom stereocenters. The van der Waals surface area contributed by atoms with E-state index in [4.69, 9.17) is 4.74 Å². The number of likely N-dealkylation sites (tertiary alicyclic amines) is 1. The van der Waals surface area contributed by atoms with E-state index in [1.807, 2.05) is 12.1 Å². The van der Waals surface area contributed by atoms with Gasteiger partial charge in [-0.15, -0.1) is 0 Å². The number of piperidine rings is 1. The highest BCUT2D eigenvalue weighted by Crippen LogP contribution is 2.35. The first-order chi connectivity index (χ1) is 13.8. The van der Waals surface area contributed by atoms with Crippen molar-refractivity contribution in [3.05, 3.63) is 58.9 Å². The number of carbonyl (C=O) groups excluding carboxylic acids is 1. The van der Waals surface area contributed by atoms with Gasteiger partial charge in [-0.25, -0.2) is 0 Å². The van der Waals surface area contributed by atoms with Crippen LogP contribution in [-0.2, 0) is 13.0 Å². The number of nitrogens with zero attached hydrogens (tertiary/aromatic N) is 3. The molecule has 0 saturated carbocycles. The number of carbonyl (C=O) groups is 1. The zero-order chi connectivity index (χ0) is 20.6. The largest absolute Gasteiger partial charge is 0.487 e. The van der Waals surface area contributed by atoms with Gasteiger partial charge in [-0.2, -0.15) is 0 Å². The van der Waals surface area contributed by atoms with E-state index >= 15 is 0 Å². The van der Waals surface area contributed by atoms with E-state index in [-0.39, 0.29) is 11.5 Å². The molecule has 2 aliphatic rings. The van der Waals surface area contributed by atoms with E-state index < -0.39 is 0 Å². The second-order valence-electron chi connectivity index (χ2n) is 9.23. The summed E-state index contributed by atoms with van der Waals surface area (Å²) < 4.78 is 6.01. The topological polar surface area (TPSA) is 45.7 Å². The van der Waals surface area contributed by atoms with Gasteiger partial charge in [0.1, 0.15) is 11.4 Å². The Morgan fingerprint density at radius 1 is 1.28 bits per heavy atom. The van der Waals surface area contributed by atoms with Crippen LogP contribution in [-0.4, -0.2) is 53.5 Å². The molecule has 4 rings (SSSR count). The van der Waals surface area contributed by atoms with Gasteiger partial charge in [-0.1, -0.05) is 12.1 Å². The van der Waals surface area contributed by atoms with Crippen LogP contribution in [0.15, 0.2) is 36.5 Å². The Morgan fingerprint density at radius 3 is 2.83 bits per heavy atom. The Bertz CT molecular complexity index is 889. The summed E-state index contributed by atoms with van der Waals surface area (Å²) in [6.07, 6.45) is 5.02. The normalized spacial score (nSPS) is 20.8. The molecular formula is C24H31N3O2. The highest BCUT2D eigenvalue weighted by molar-refractivity contribution is 5.93. The smallest absolute Gasteiger partial charge is 0.254 e. The minimum absolute atomic E-state index is 0.00177. The highest BCUT2D eigenvalue weighted by Gasteiger charge is 2.30.